The van der Waals surface area contributed by atoms with Crippen molar-refractivity contribution < 1.29 is 13.9 Å². The van der Waals surface area contributed by atoms with E-state index < -0.39 is 0 Å². The summed E-state index contributed by atoms with van der Waals surface area (Å²) in [5.41, 5.74) is 1.46. The number of benzene rings is 2. The summed E-state index contributed by atoms with van der Waals surface area (Å²) >= 11 is 0. The van der Waals surface area contributed by atoms with E-state index in [1.54, 1.807) is 25.3 Å². The van der Waals surface area contributed by atoms with Gasteiger partial charge in [0.25, 0.3) is 0 Å². The van der Waals surface area contributed by atoms with Gasteiger partial charge in [-0.25, -0.2) is 4.39 Å². The van der Waals surface area contributed by atoms with Crippen LogP contribution in [0, 0.1) is 5.82 Å². The second-order valence-corrected chi connectivity index (χ2v) is 5.85. The molecule has 5 heteroatoms. The maximum absolute atomic E-state index is 13.5. The number of nitrogens with zero attached hydrogens (tertiary/aromatic N) is 1. The highest BCUT2D eigenvalue weighted by Crippen LogP contribution is 2.20. The molecule has 0 fully saturated rings. The highest BCUT2D eigenvalue weighted by atomic mass is 19.1. The maximum atomic E-state index is 13.5. The monoisotopic (exact) mass is 342 g/mol. The van der Waals surface area contributed by atoms with Gasteiger partial charge < -0.3 is 15.0 Å². The topological polar surface area (TPSA) is 41.6 Å². The third-order valence-corrected chi connectivity index (χ3v) is 3.91. The van der Waals surface area contributed by atoms with Gasteiger partial charge in [0.05, 0.1) is 13.2 Å². The number of methoxy groups -OCH3 is 1. The third kappa shape index (κ3) is 5.43. The molecule has 0 spiro atoms. The van der Waals surface area contributed by atoms with E-state index in [0.717, 1.165) is 11.3 Å². The van der Waals surface area contributed by atoms with Gasteiger partial charge in [-0.05, 0) is 43.9 Å². The van der Waals surface area contributed by atoms with Crippen molar-refractivity contribution in [2.24, 2.45) is 0 Å². The number of hydrogen-bond donors (Lipinski definition) is 1. The molecule has 4 nitrogen and oxygen atoms in total. The van der Waals surface area contributed by atoms with E-state index in [-0.39, 0.29) is 17.8 Å². The molecule has 2 aromatic carbocycles. The first-order valence-corrected chi connectivity index (χ1v) is 8.02. The van der Waals surface area contributed by atoms with Crippen molar-refractivity contribution >= 4 is 12.0 Å². The van der Waals surface area contributed by atoms with Crippen LogP contribution in [0.2, 0.25) is 0 Å². The molecule has 2 aromatic rings. The average molecular weight is 342 g/mol. The van der Waals surface area contributed by atoms with Crippen LogP contribution in [0.15, 0.2) is 54.6 Å². The zero-order valence-corrected chi connectivity index (χ0v) is 14.7. The van der Waals surface area contributed by atoms with Gasteiger partial charge >= 0.3 is 0 Å². The van der Waals surface area contributed by atoms with E-state index in [0.29, 0.717) is 12.1 Å². The Morgan fingerprint density at radius 3 is 2.48 bits per heavy atom. The maximum Gasteiger partial charge on any atom is 0.244 e. The molecule has 25 heavy (non-hydrogen) atoms. The van der Waals surface area contributed by atoms with Crippen molar-refractivity contribution in [1.82, 2.24) is 10.2 Å². The van der Waals surface area contributed by atoms with E-state index in [2.05, 4.69) is 5.32 Å². The van der Waals surface area contributed by atoms with Crippen LogP contribution < -0.4 is 10.1 Å². The Kier molecular flexibility index (Phi) is 6.71. The Balaban J connectivity index is 1.98. The van der Waals surface area contributed by atoms with Crippen LogP contribution in [-0.2, 0) is 4.79 Å². The minimum absolute atomic E-state index is 0.0247. The van der Waals surface area contributed by atoms with Crippen molar-refractivity contribution in [2.45, 2.75) is 6.04 Å². The molecule has 0 saturated heterocycles. The normalized spacial score (nSPS) is 12.4. The summed E-state index contributed by atoms with van der Waals surface area (Å²) in [5.74, 6) is 0.178. The molecule has 0 bridgehead atoms. The molecule has 0 heterocycles. The lowest BCUT2D eigenvalue weighted by atomic mass is 10.1. The molecule has 0 aliphatic heterocycles. The number of carbonyl (C=O) groups is 1. The first kappa shape index (κ1) is 18.7. The number of carbonyl (C=O) groups excluding carboxylic acids is 1. The van der Waals surface area contributed by atoms with Crippen LogP contribution in [0.25, 0.3) is 6.08 Å². The molecule has 0 radical (unpaired) electrons. The van der Waals surface area contributed by atoms with Gasteiger partial charge in [-0.15, -0.1) is 0 Å². The lowest BCUT2D eigenvalue weighted by Gasteiger charge is -2.25. The summed E-state index contributed by atoms with van der Waals surface area (Å²) in [6.45, 7) is 0.444. The first-order valence-electron chi connectivity index (χ1n) is 8.02. The number of halogens is 1. The summed E-state index contributed by atoms with van der Waals surface area (Å²) in [4.78, 5) is 14.1. The van der Waals surface area contributed by atoms with Gasteiger partial charge in [0.15, 0.2) is 0 Å². The zero-order chi connectivity index (χ0) is 18.2. The largest absolute Gasteiger partial charge is 0.497 e. The second kappa shape index (κ2) is 8.99. The van der Waals surface area contributed by atoms with Crippen molar-refractivity contribution in [3.63, 3.8) is 0 Å². The molecule has 1 N–H and O–H groups in total. The van der Waals surface area contributed by atoms with E-state index in [4.69, 9.17) is 4.74 Å². The first-order chi connectivity index (χ1) is 12.0. The van der Waals surface area contributed by atoms with Crippen molar-refractivity contribution in [2.75, 3.05) is 27.7 Å². The molecule has 2 rings (SSSR count). The van der Waals surface area contributed by atoms with E-state index in [1.165, 1.54) is 18.2 Å². The average Bonchev–Trinajstić information content (AvgIpc) is 2.61. The van der Waals surface area contributed by atoms with Gasteiger partial charge in [-0.1, -0.05) is 30.3 Å². The Labute approximate surface area is 147 Å². The van der Waals surface area contributed by atoms with Crippen LogP contribution in [-0.4, -0.2) is 38.6 Å². The van der Waals surface area contributed by atoms with Crippen LogP contribution in [0.5, 0.6) is 5.75 Å². The molecule has 0 aliphatic rings. The van der Waals surface area contributed by atoms with Crippen LogP contribution >= 0.6 is 0 Å². The third-order valence-electron chi connectivity index (χ3n) is 3.91. The van der Waals surface area contributed by atoms with E-state index >= 15 is 0 Å². The molecular weight excluding hydrogens is 319 g/mol. The lowest BCUT2D eigenvalue weighted by molar-refractivity contribution is -0.116. The smallest absolute Gasteiger partial charge is 0.244 e. The summed E-state index contributed by atoms with van der Waals surface area (Å²) in [5, 5.41) is 2.86. The number of rotatable bonds is 7. The summed E-state index contributed by atoms with van der Waals surface area (Å²) in [6.07, 6.45) is 2.82. The van der Waals surface area contributed by atoms with Crippen LogP contribution in [0.1, 0.15) is 17.2 Å². The number of likely N-dealkylation sites (N-methyl/N-ethyl adjacent to an activating group) is 1. The van der Waals surface area contributed by atoms with Crippen molar-refractivity contribution in [1.29, 1.82) is 0 Å². The summed E-state index contributed by atoms with van der Waals surface area (Å²) in [7, 11) is 5.53. The Hall–Kier alpha value is -2.66. The number of nitrogens with one attached hydrogen (secondary N) is 1. The van der Waals surface area contributed by atoms with Gasteiger partial charge in [0.2, 0.25) is 5.91 Å². The molecule has 1 atom stereocenters. The molecule has 132 valence electrons. The minimum atomic E-state index is -0.351. The minimum Gasteiger partial charge on any atom is -0.497 e. The molecule has 1 amide bonds. The van der Waals surface area contributed by atoms with Crippen molar-refractivity contribution in [3.05, 3.63) is 71.6 Å². The Morgan fingerprint density at radius 1 is 1.20 bits per heavy atom. The second-order valence-electron chi connectivity index (χ2n) is 5.85. The fourth-order valence-electron chi connectivity index (χ4n) is 2.46. The SMILES string of the molecule is COc1ccc(C(CNC(=O)/C=C/c2ccccc2F)N(C)C)cc1. The number of ether oxygens (including phenoxy) is 1. The van der Waals surface area contributed by atoms with Crippen molar-refractivity contribution in [3.8, 4) is 5.75 Å². The van der Waals surface area contributed by atoms with Gasteiger partial charge in [0.1, 0.15) is 11.6 Å². The number of hydrogen-bond acceptors (Lipinski definition) is 3. The molecule has 1 unspecified atom stereocenters. The van der Waals surface area contributed by atoms with Gasteiger partial charge in [0, 0.05) is 18.2 Å². The Morgan fingerprint density at radius 2 is 1.88 bits per heavy atom. The molecule has 0 aromatic heterocycles. The fraction of sp³-hybridized carbons (Fsp3) is 0.250. The highest BCUT2D eigenvalue weighted by molar-refractivity contribution is 5.91. The van der Waals surface area contributed by atoms with Gasteiger partial charge in [-0.3, -0.25) is 4.79 Å². The Bertz CT molecular complexity index is 727. The number of amides is 1. The summed E-state index contributed by atoms with van der Waals surface area (Å²) in [6, 6.07) is 14.1. The van der Waals surface area contributed by atoms with Crippen LogP contribution in [0.3, 0.4) is 0 Å². The predicted octanol–water partition coefficient (Wildman–Crippen LogP) is 3.27. The standard InChI is InChI=1S/C20H23FN2O2/c1-23(2)19(16-8-11-17(25-3)12-9-16)14-22-20(24)13-10-15-6-4-5-7-18(15)21/h4-13,19H,14H2,1-3H3,(H,22,24)/b13-10+. The zero-order valence-electron chi connectivity index (χ0n) is 14.7. The summed E-state index contributed by atoms with van der Waals surface area (Å²) < 4.78 is 18.7. The van der Waals surface area contributed by atoms with Gasteiger partial charge in [-0.2, -0.15) is 0 Å². The highest BCUT2D eigenvalue weighted by Gasteiger charge is 2.14. The molecule has 0 saturated carbocycles. The van der Waals surface area contributed by atoms with E-state index in [9.17, 15) is 9.18 Å². The van der Waals surface area contributed by atoms with Crippen LogP contribution in [0.4, 0.5) is 4.39 Å². The quantitative estimate of drug-likeness (QED) is 0.785. The molecular formula is C20H23FN2O2. The van der Waals surface area contributed by atoms with E-state index in [1.807, 2.05) is 43.3 Å². The predicted molar refractivity (Wildman–Crippen MR) is 97.9 cm³/mol. The lowest BCUT2D eigenvalue weighted by Crippen LogP contribution is -2.33. The molecule has 0 aliphatic carbocycles. The fourth-order valence-corrected chi connectivity index (χ4v) is 2.46.